The van der Waals surface area contributed by atoms with Crippen LogP contribution in [0.1, 0.15) is 6.92 Å². The number of pyridine rings is 1. The molecule has 1 N–H and O–H groups in total. The van der Waals surface area contributed by atoms with Crippen LogP contribution in [-0.2, 0) is 19.7 Å². The fraction of sp³-hybridized carbons (Fsp3) is 0.176. The molecule has 0 fully saturated rings. The summed E-state index contributed by atoms with van der Waals surface area (Å²) in [5.41, 5.74) is -6.92. The molecule has 0 bridgehead atoms. The largest absolute Gasteiger partial charge is 0.501 e. The summed E-state index contributed by atoms with van der Waals surface area (Å²) in [7, 11) is -9.53. The molecule has 0 saturated heterocycles. The van der Waals surface area contributed by atoms with E-state index in [1.165, 1.54) is 13.0 Å². The predicted octanol–water partition coefficient (Wildman–Crippen LogP) is 1.85. The molecule has 16 heteroatoms. The molecule has 0 atom stereocenters. The molecule has 0 aliphatic carbocycles. The zero-order valence-electron chi connectivity index (χ0n) is 16.4. The summed E-state index contributed by atoms with van der Waals surface area (Å²) in [5.74, 6) is -0.824. The molecule has 1 aromatic carbocycles. The van der Waals surface area contributed by atoms with Gasteiger partial charge in [0.15, 0.2) is 21.2 Å². The number of oxazole rings is 1. The number of alkyl halides is 3. The third-order valence-corrected chi connectivity index (χ3v) is 7.75. The van der Waals surface area contributed by atoms with Gasteiger partial charge in [0.25, 0.3) is 9.84 Å². The molecule has 3 heterocycles. The Hall–Kier alpha value is -3.53. The second kappa shape index (κ2) is 7.51. The molecule has 0 radical (unpaired) electrons. The number of aromatic nitrogens is 5. The van der Waals surface area contributed by atoms with Gasteiger partial charge < -0.3 is 4.42 Å². The minimum absolute atomic E-state index is 0.0890. The van der Waals surface area contributed by atoms with Crippen LogP contribution in [0.15, 0.2) is 55.7 Å². The van der Waals surface area contributed by atoms with Gasteiger partial charge in [0.2, 0.25) is 5.89 Å². The molecular formula is C17H12F3N5O6S2. The molecule has 0 spiro atoms. The van der Waals surface area contributed by atoms with Crippen molar-refractivity contribution in [2.24, 2.45) is 0 Å². The zero-order valence-corrected chi connectivity index (χ0v) is 18.0. The first-order chi connectivity index (χ1) is 15.3. The molecule has 4 rings (SSSR count). The highest BCUT2D eigenvalue weighted by Gasteiger charge is 2.47. The Kier molecular flexibility index (Phi) is 5.16. The highest BCUT2D eigenvalue weighted by Crippen LogP contribution is 2.34. The van der Waals surface area contributed by atoms with Crippen LogP contribution in [-0.4, -0.2) is 52.8 Å². The summed E-state index contributed by atoms with van der Waals surface area (Å²) in [6.07, 6.45) is 1.09. The van der Waals surface area contributed by atoms with Crippen LogP contribution in [0.3, 0.4) is 0 Å². The summed E-state index contributed by atoms with van der Waals surface area (Å²) < 4.78 is 93.4. The van der Waals surface area contributed by atoms with Crippen LogP contribution in [0.4, 0.5) is 13.2 Å². The van der Waals surface area contributed by atoms with Crippen LogP contribution in [0.25, 0.3) is 28.5 Å². The minimum atomic E-state index is -5.64. The fourth-order valence-corrected chi connectivity index (χ4v) is 4.64. The maximum absolute atomic E-state index is 12.9. The van der Waals surface area contributed by atoms with E-state index in [9.17, 15) is 34.8 Å². The number of rotatable bonds is 5. The summed E-state index contributed by atoms with van der Waals surface area (Å²) in [5, 5.41) is 3.75. The van der Waals surface area contributed by atoms with Crippen molar-refractivity contribution in [3.8, 4) is 17.4 Å². The molecule has 174 valence electrons. The number of sulfone groups is 2. The van der Waals surface area contributed by atoms with Gasteiger partial charge in [0.05, 0.1) is 15.5 Å². The smallest absolute Gasteiger partial charge is 0.435 e. The van der Waals surface area contributed by atoms with Gasteiger partial charge in [-0.25, -0.2) is 31.6 Å². The summed E-state index contributed by atoms with van der Waals surface area (Å²) >= 11 is 0. The number of benzene rings is 1. The Morgan fingerprint density at radius 3 is 2.42 bits per heavy atom. The van der Waals surface area contributed by atoms with E-state index in [0.29, 0.717) is 12.1 Å². The molecular weight excluding hydrogens is 491 g/mol. The van der Waals surface area contributed by atoms with Crippen molar-refractivity contribution in [3.05, 3.63) is 47.1 Å². The Morgan fingerprint density at radius 2 is 1.82 bits per heavy atom. The quantitative estimate of drug-likeness (QED) is 0.429. The van der Waals surface area contributed by atoms with Crippen molar-refractivity contribution in [1.82, 2.24) is 24.7 Å². The van der Waals surface area contributed by atoms with Gasteiger partial charge in [-0.05, 0) is 30.3 Å². The van der Waals surface area contributed by atoms with Crippen LogP contribution < -0.4 is 5.69 Å². The van der Waals surface area contributed by atoms with E-state index in [-0.39, 0.29) is 33.3 Å². The van der Waals surface area contributed by atoms with Crippen molar-refractivity contribution in [2.45, 2.75) is 22.2 Å². The SMILES string of the molecule is CCS(=O)(=O)c1ccc(-n2nc[nH]c2=O)nc1-c1nc2cc(S(=O)(=O)C(F)(F)F)ccc2o1. The molecule has 0 amide bonds. The third kappa shape index (κ3) is 3.80. The zero-order chi connectivity index (χ0) is 24.2. The van der Waals surface area contributed by atoms with Gasteiger partial charge in [0.1, 0.15) is 17.5 Å². The number of nitrogens with zero attached hydrogens (tertiary/aromatic N) is 4. The Labute approximate surface area is 182 Å². The van der Waals surface area contributed by atoms with Crippen molar-refractivity contribution >= 4 is 30.8 Å². The Balaban J connectivity index is 1.94. The number of fused-ring (bicyclic) bond motifs is 1. The molecule has 4 aromatic rings. The second-order valence-corrected chi connectivity index (χ2v) is 10.7. The average Bonchev–Trinajstić information content (AvgIpc) is 3.37. The standard InChI is InChI=1S/C17H12F3N5O6S2/c1-2-32(27,28)12-5-6-13(25-16(26)21-8-22-25)24-14(12)15-23-10-7-9(3-4-11(10)31-15)33(29,30)17(18,19)20/h3-8H,2H2,1H3,(H,21,22,26). The molecule has 0 aliphatic heterocycles. The lowest BCUT2D eigenvalue weighted by atomic mass is 10.3. The van der Waals surface area contributed by atoms with E-state index in [2.05, 4.69) is 20.1 Å². The highest BCUT2D eigenvalue weighted by atomic mass is 32.2. The number of halogens is 3. The normalized spacial score (nSPS) is 13.0. The van der Waals surface area contributed by atoms with E-state index in [4.69, 9.17) is 4.42 Å². The average molecular weight is 503 g/mol. The number of aromatic amines is 1. The number of H-pyrrole nitrogens is 1. The first-order valence-electron chi connectivity index (χ1n) is 8.94. The molecule has 0 saturated carbocycles. The van der Waals surface area contributed by atoms with E-state index >= 15 is 0 Å². The van der Waals surface area contributed by atoms with Gasteiger partial charge in [-0.15, -0.1) is 0 Å². The van der Waals surface area contributed by atoms with E-state index in [1.807, 2.05) is 0 Å². The van der Waals surface area contributed by atoms with Crippen molar-refractivity contribution in [2.75, 3.05) is 5.75 Å². The van der Waals surface area contributed by atoms with Crippen LogP contribution in [0, 0.1) is 0 Å². The monoisotopic (exact) mass is 503 g/mol. The summed E-state index contributed by atoms with van der Waals surface area (Å²) in [4.78, 5) is 20.8. The summed E-state index contributed by atoms with van der Waals surface area (Å²) in [6.45, 7) is 1.38. The first kappa shape index (κ1) is 22.7. The number of nitrogens with one attached hydrogen (secondary N) is 1. The Morgan fingerprint density at radius 1 is 1.09 bits per heavy atom. The molecule has 3 aromatic heterocycles. The third-order valence-electron chi connectivity index (χ3n) is 4.51. The maximum atomic E-state index is 12.9. The van der Waals surface area contributed by atoms with Crippen LogP contribution >= 0.6 is 0 Å². The number of hydrogen-bond donors (Lipinski definition) is 1. The highest BCUT2D eigenvalue weighted by molar-refractivity contribution is 7.92. The van der Waals surface area contributed by atoms with E-state index < -0.39 is 41.7 Å². The van der Waals surface area contributed by atoms with Crippen molar-refractivity contribution in [3.63, 3.8) is 0 Å². The van der Waals surface area contributed by atoms with E-state index in [0.717, 1.165) is 23.1 Å². The molecule has 33 heavy (non-hydrogen) atoms. The van der Waals surface area contributed by atoms with Gasteiger partial charge in [0, 0.05) is 0 Å². The predicted molar refractivity (Wildman–Crippen MR) is 106 cm³/mol. The van der Waals surface area contributed by atoms with Crippen molar-refractivity contribution in [1.29, 1.82) is 0 Å². The van der Waals surface area contributed by atoms with Gasteiger partial charge in [-0.1, -0.05) is 6.92 Å². The first-order valence-corrected chi connectivity index (χ1v) is 12.1. The van der Waals surface area contributed by atoms with Gasteiger partial charge >= 0.3 is 11.2 Å². The van der Waals surface area contributed by atoms with Gasteiger partial charge in [-0.2, -0.15) is 23.0 Å². The summed E-state index contributed by atoms with van der Waals surface area (Å²) in [6, 6.07) is 4.69. The van der Waals surface area contributed by atoms with Crippen molar-refractivity contribution < 1.29 is 34.4 Å². The van der Waals surface area contributed by atoms with E-state index in [1.54, 1.807) is 0 Å². The van der Waals surface area contributed by atoms with Gasteiger partial charge in [-0.3, -0.25) is 4.98 Å². The lowest BCUT2D eigenvalue weighted by Gasteiger charge is -2.08. The lowest BCUT2D eigenvalue weighted by Crippen LogP contribution is -2.23. The lowest BCUT2D eigenvalue weighted by molar-refractivity contribution is -0.0435. The molecule has 0 aliphatic rings. The minimum Gasteiger partial charge on any atom is -0.435 e. The topological polar surface area (TPSA) is 158 Å². The Bertz CT molecular complexity index is 1650. The molecule has 0 unspecified atom stereocenters. The van der Waals surface area contributed by atoms with Crippen LogP contribution in [0.5, 0.6) is 0 Å². The van der Waals surface area contributed by atoms with Crippen LogP contribution in [0.2, 0.25) is 0 Å². The number of hydrogen-bond acceptors (Lipinski definition) is 9. The maximum Gasteiger partial charge on any atom is 0.501 e. The second-order valence-electron chi connectivity index (χ2n) is 6.52. The fourth-order valence-electron chi connectivity index (χ4n) is 2.84. The molecule has 11 nitrogen and oxygen atoms in total.